The summed E-state index contributed by atoms with van der Waals surface area (Å²) in [5.41, 5.74) is 1.85. The zero-order valence-electron chi connectivity index (χ0n) is 9.42. The highest BCUT2D eigenvalue weighted by atomic mass is 16.6. The van der Waals surface area contributed by atoms with Crippen LogP contribution in [0.5, 0.6) is 0 Å². The van der Waals surface area contributed by atoms with Gasteiger partial charge in [0.05, 0.1) is 0 Å². The van der Waals surface area contributed by atoms with Gasteiger partial charge in [-0.2, -0.15) is 0 Å². The second-order valence-electron chi connectivity index (χ2n) is 3.69. The average Bonchev–Trinajstić information content (AvgIpc) is 2.26. The molecule has 0 aromatic heterocycles. The Morgan fingerprint density at radius 1 is 1.41 bits per heavy atom. The fourth-order valence-corrected chi connectivity index (χ4v) is 1.32. The number of aryl methyl sites for hydroxylation is 1. The van der Waals surface area contributed by atoms with Gasteiger partial charge in [-0.05, 0) is 18.6 Å². The van der Waals surface area contributed by atoms with Crippen molar-refractivity contribution in [3.05, 3.63) is 51.1 Å². The first-order valence-corrected chi connectivity index (χ1v) is 5.11. The van der Waals surface area contributed by atoms with Crippen LogP contribution in [0.4, 0.5) is 0 Å². The monoisotopic (exact) mass is 235 g/mol. The van der Waals surface area contributed by atoms with Gasteiger partial charge >= 0.3 is 5.97 Å². The van der Waals surface area contributed by atoms with E-state index >= 15 is 0 Å². The Balaban J connectivity index is 2.86. The third kappa shape index (κ3) is 4.46. The lowest BCUT2D eigenvalue weighted by atomic mass is 10.1. The molecule has 5 heteroatoms. The molecule has 0 radical (unpaired) electrons. The van der Waals surface area contributed by atoms with Crippen LogP contribution in [0.15, 0.2) is 29.8 Å². The van der Waals surface area contributed by atoms with Gasteiger partial charge in [-0.1, -0.05) is 29.8 Å². The fourth-order valence-electron chi connectivity index (χ4n) is 1.32. The number of nitro groups is 1. The molecule has 1 N–H and O–H groups in total. The highest BCUT2D eigenvalue weighted by Crippen LogP contribution is 2.11. The smallest absolute Gasteiger partial charge is 0.331 e. The van der Waals surface area contributed by atoms with Gasteiger partial charge < -0.3 is 5.11 Å². The maximum atomic E-state index is 10.9. The van der Waals surface area contributed by atoms with Crippen molar-refractivity contribution in [3.8, 4) is 0 Å². The molecule has 0 heterocycles. The van der Waals surface area contributed by atoms with Crippen LogP contribution in [-0.2, 0) is 4.79 Å². The summed E-state index contributed by atoms with van der Waals surface area (Å²) in [6.45, 7) is 1.56. The molecule has 90 valence electrons. The van der Waals surface area contributed by atoms with Crippen molar-refractivity contribution in [2.24, 2.45) is 0 Å². The molecule has 0 aliphatic carbocycles. The molecule has 5 nitrogen and oxygen atoms in total. The molecule has 0 atom stereocenters. The summed E-state index contributed by atoms with van der Waals surface area (Å²) in [6.07, 6.45) is 1.39. The van der Waals surface area contributed by atoms with Crippen LogP contribution >= 0.6 is 0 Å². The predicted molar refractivity (Wildman–Crippen MR) is 63.3 cm³/mol. The van der Waals surface area contributed by atoms with Crippen molar-refractivity contribution >= 4 is 12.0 Å². The Kier molecular flexibility index (Phi) is 4.39. The number of carbonyl (C=O) groups is 1. The average molecular weight is 235 g/mol. The highest BCUT2D eigenvalue weighted by molar-refractivity contribution is 5.92. The molecular weight excluding hydrogens is 222 g/mol. The minimum Gasteiger partial charge on any atom is -0.478 e. The molecular formula is C12H13NO4. The van der Waals surface area contributed by atoms with Crippen molar-refractivity contribution in [2.45, 2.75) is 13.3 Å². The topological polar surface area (TPSA) is 80.4 Å². The Bertz CT molecular complexity index is 448. The second-order valence-corrected chi connectivity index (χ2v) is 3.69. The summed E-state index contributed by atoms with van der Waals surface area (Å²) in [7, 11) is 0. The molecule has 17 heavy (non-hydrogen) atoms. The number of rotatable bonds is 5. The predicted octanol–water partition coefficient (Wildman–Crippen LogP) is 2.13. The number of carboxylic acid groups (broad SMARTS) is 1. The lowest BCUT2D eigenvalue weighted by molar-refractivity contribution is -0.479. The van der Waals surface area contributed by atoms with Gasteiger partial charge in [0.15, 0.2) is 0 Å². The molecule has 0 saturated carbocycles. The largest absolute Gasteiger partial charge is 0.478 e. The van der Waals surface area contributed by atoms with E-state index in [4.69, 9.17) is 5.11 Å². The van der Waals surface area contributed by atoms with Crippen molar-refractivity contribution in [2.75, 3.05) is 6.54 Å². The standard InChI is InChI=1S/C12H13NO4/c1-9-2-4-10(5-3-9)8-11(12(14)15)6-7-13(16)17/h2-5,8H,6-7H2,1H3,(H,14,15)/b11-8+. The van der Waals surface area contributed by atoms with Gasteiger partial charge in [0.2, 0.25) is 6.54 Å². The number of hydrogen-bond acceptors (Lipinski definition) is 3. The van der Waals surface area contributed by atoms with Crippen molar-refractivity contribution in [1.82, 2.24) is 0 Å². The molecule has 0 bridgehead atoms. The van der Waals surface area contributed by atoms with E-state index in [-0.39, 0.29) is 18.5 Å². The lowest BCUT2D eigenvalue weighted by Crippen LogP contribution is -2.07. The lowest BCUT2D eigenvalue weighted by Gasteiger charge is -2.00. The maximum absolute atomic E-state index is 10.9. The van der Waals surface area contributed by atoms with E-state index in [2.05, 4.69) is 0 Å². The van der Waals surface area contributed by atoms with Gasteiger partial charge in [0.25, 0.3) is 0 Å². The van der Waals surface area contributed by atoms with Crippen LogP contribution in [0.2, 0.25) is 0 Å². The SMILES string of the molecule is Cc1ccc(/C=C(\CC[N+](=O)[O-])C(=O)O)cc1. The Morgan fingerprint density at radius 3 is 2.47 bits per heavy atom. The molecule has 0 fully saturated rings. The first-order chi connectivity index (χ1) is 7.99. The summed E-state index contributed by atoms with van der Waals surface area (Å²) in [5.74, 6) is -1.12. The molecule has 0 aliphatic rings. The minimum atomic E-state index is -1.12. The molecule has 0 aliphatic heterocycles. The first kappa shape index (κ1) is 12.9. The van der Waals surface area contributed by atoms with Crippen LogP contribution in [0.3, 0.4) is 0 Å². The van der Waals surface area contributed by atoms with Crippen molar-refractivity contribution < 1.29 is 14.8 Å². The van der Waals surface area contributed by atoms with Crippen LogP contribution in [0.25, 0.3) is 6.08 Å². The van der Waals surface area contributed by atoms with E-state index in [0.29, 0.717) is 0 Å². The molecule has 0 amide bonds. The van der Waals surface area contributed by atoms with Crippen LogP contribution in [0, 0.1) is 17.0 Å². The van der Waals surface area contributed by atoms with Crippen LogP contribution in [-0.4, -0.2) is 22.5 Å². The van der Waals surface area contributed by atoms with Crippen molar-refractivity contribution in [3.63, 3.8) is 0 Å². The van der Waals surface area contributed by atoms with Gasteiger partial charge in [0, 0.05) is 16.9 Å². The van der Waals surface area contributed by atoms with Crippen LogP contribution in [0.1, 0.15) is 17.5 Å². The third-order valence-corrected chi connectivity index (χ3v) is 2.26. The van der Waals surface area contributed by atoms with E-state index in [1.54, 1.807) is 12.1 Å². The number of hydrogen-bond donors (Lipinski definition) is 1. The number of nitrogens with zero attached hydrogens (tertiary/aromatic N) is 1. The molecule has 0 unspecified atom stereocenters. The van der Waals surface area contributed by atoms with E-state index in [1.165, 1.54) is 6.08 Å². The van der Waals surface area contributed by atoms with E-state index in [0.717, 1.165) is 11.1 Å². The summed E-state index contributed by atoms with van der Waals surface area (Å²) in [5, 5.41) is 19.1. The molecule has 1 aromatic carbocycles. The van der Waals surface area contributed by atoms with Crippen molar-refractivity contribution in [1.29, 1.82) is 0 Å². The van der Waals surface area contributed by atoms with Gasteiger partial charge in [-0.25, -0.2) is 4.79 Å². The normalized spacial score (nSPS) is 11.2. The van der Waals surface area contributed by atoms with Gasteiger partial charge in [-0.3, -0.25) is 10.1 Å². The summed E-state index contributed by atoms with van der Waals surface area (Å²) >= 11 is 0. The van der Waals surface area contributed by atoms with E-state index < -0.39 is 10.9 Å². The summed E-state index contributed by atoms with van der Waals surface area (Å²) < 4.78 is 0. The van der Waals surface area contributed by atoms with Gasteiger partial charge in [-0.15, -0.1) is 0 Å². The third-order valence-electron chi connectivity index (χ3n) is 2.26. The number of aliphatic carboxylic acids is 1. The Morgan fingerprint density at radius 2 is 2.00 bits per heavy atom. The molecule has 0 spiro atoms. The fraction of sp³-hybridized carbons (Fsp3) is 0.250. The first-order valence-electron chi connectivity index (χ1n) is 5.11. The van der Waals surface area contributed by atoms with Gasteiger partial charge in [0.1, 0.15) is 0 Å². The van der Waals surface area contributed by atoms with E-state index in [9.17, 15) is 14.9 Å². The molecule has 1 aromatic rings. The molecule has 0 saturated heterocycles. The summed E-state index contributed by atoms with van der Waals surface area (Å²) in [6, 6.07) is 7.28. The maximum Gasteiger partial charge on any atom is 0.331 e. The number of carboxylic acids is 1. The Labute approximate surface area is 98.5 Å². The number of benzene rings is 1. The zero-order chi connectivity index (χ0) is 12.8. The van der Waals surface area contributed by atoms with Crippen LogP contribution < -0.4 is 0 Å². The summed E-state index contributed by atoms with van der Waals surface area (Å²) in [4.78, 5) is 20.6. The second kappa shape index (κ2) is 5.79. The zero-order valence-corrected chi connectivity index (χ0v) is 9.42. The molecule has 1 rings (SSSR count). The van der Waals surface area contributed by atoms with E-state index in [1.807, 2.05) is 19.1 Å². The quantitative estimate of drug-likeness (QED) is 0.481. The minimum absolute atomic E-state index is 0.0468. The Hall–Kier alpha value is -2.17. The highest BCUT2D eigenvalue weighted by Gasteiger charge is 2.10.